The largest absolute Gasteiger partial charge is 0.248 e. The maximum absolute atomic E-state index is 5.27. The lowest BCUT2D eigenvalue weighted by Crippen LogP contribution is -2.25. The number of aromatic nitrogens is 1. The molecule has 0 aliphatic heterocycles. The number of hydrogen-bond acceptors (Lipinski definition) is 1. The first-order valence-electron chi connectivity index (χ1n) is 17.0. The van der Waals surface area contributed by atoms with Gasteiger partial charge >= 0.3 is 0 Å². The van der Waals surface area contributed by atoms with Gasteiger partial charge in [-0.05, 0) is 78.9 Å². The van der Waals surface area contributed by atoms with Crippen molar-refractivity contribution >= 4 is 0 Å². The first kappa shape index (κ1) is 27.8. The maximum atomic E-state index is 5.27. The van der Waals surface area contributed by atoms with Gasteiger partial charge in [-0.15, -0.1) is 0 Å². The van der Waals surface area contributed by atoms with Gasteiger partial charge in [0.1, 0.15) is 0 Å². The molecule has 0 radical (unpaired) electrons. The summed E-state index contributed by atoms with van der Waals surface area (Å²) in [7, 11) is 0. The van der Waals surface area contributed by atoms with Gasteiger partial charge in [-0.25, -0.2) is 4.98 Å². The Morgan fingerprint density at radius 3 is 1.31 bits per heavy atom. The zero-order valence-corrected chi connectivity index (χ0v) is 26.8. The van der Waals surface area contributed by atoms with Crippen LogP contribution in [0.5, 0.6) is 0 Å². The molecule has 0 unspecified atom stereocenters. The number of benzene rings is 7. The Balaban J connectivity index is 1.22. The molecule has 49 heavy (non-hydrogen) atoms. The van der Waals surface area contributed by atoms with E-state index in [1.807, 2.05) is 0 Å². The smallest absolute Gasteiger partial charge is 0.0725 e. The third kappa shape index (κ3) is 4.09. The van der Waals surface area contributed by atoms with Crippen LogP contribution in [0.2, 0.25) is 0 Å². The third-order valence-electron chi connectivity index (χ3n) is 10.5. The first-order chi connectivity index (χ1) is 24.3. The monoisotopic (exact) mass is 621 g/mol. The number of rotatable bonds is 4. The Kier molecular flexibility index (Phi) is 6.16. The van der Waals surface area contributed by atoms with Crippen LogP contribution in [0.1, 0.15) is 22.3 Å². The predicted molar refractivity (Wildman–Crippen MR) is 202 cm³/mol. The van der Waals surface area contributed by atoms with E-state index in [0.29, 0.717) is 0 Å². The van der Waals surface area contributed by atoms with Gasteiger partial charge in [-0.2, -0.15) is 0 Å². The van der Waals surface area contributed by atoms with Crippen LogP contribution in [0.3, 0.4) is 0 Å². The van der Waals surface area contributed by atoms with Crippen LogP contribution in [0.15, 0.2) is 188 Å². The topological polar surface area (TPSA) is 12.9 Å². The van der Waals surface area contributed by atoms with Crippen LogP contribution >= 0.6 is 0 Å². The fourth-order valence-electron chi connectivity index (χ4n) is 8.44. The highest BCUT2D eigenvalue weighted by Gasteiger charge is 2.51. The lowest BCUT2D eigenvalue weighted by Gasteiger charge is -2.30. The van der Waals surface area contributed by atoms with Crippen molar-refractivity contribution in [1.29, 1.82) is 0 Å². The Hall–Kier alpha value is -6.31. The highest BCUT2D eigenvalue weighted by Crippen LogP contribution is 2.63. The van der Waals surface area contributed by atoms with E-state index in [1.54, 1.807) is 0 Å². The molecule has 0 amide bonds. The van der Waals surface area contributed by atoms with Gasteiger partial charge in [0, 0.05) is 11.1 Å². The molecule has 0 atom stereocenters. The molecule has 0 fully saturated rings. The molecule has 0 N–H and O–H groups in total. The molecular formula is C48H31N. The minimum atomic E-state index is -0.374. The molecule has 1 heterocycles. The van der Waals surface area contributed by atoms with Gasteiger partial charge in [-0.1, -0.05) is 176 Å². The van der Waals surface area contributed by atoms with Crippen LogP contribution in [0.4, 0.5) is 0 Å². The van der Waals surface area contributed by atoms with Gasteiger partial charge in [0.2, 0.25) is 0 Å². The maximum Gasteiger partial charge on any atom is 0.0725 e. The fraction of sp³-hybridized carbons (Fsp3) is 0.0208. The lowest BCUT2D eigenvalue weighted by atomic mass is 9.70. The predicted octanol–water partition coefficient (Wildman–Crippen LogP) is 12.1. The average Bonchev–Trinajstić information content (AvgIpc) is 3.66. The van der Waals surface area contributed by atoms with Gasteiger partial charge in [0.15, 0.2) is 0 Å². The second-order valence-corrected chi connectivity index (χ2v) is 13.1. The normalized spacial score (nSPS) is 13.1. The van der Waals surface area contributed by atoms with Gasteiger partial charge in [-0.3, -0.25) is 0 Å². The zero-order chi connectivity index (χ0) is 32.4. The number of nitrogens with zero attached hydrogens (tertiary/aromatic N) is 1. The van der Waals surface area contributed by atoms with E-state index in [9.17, 15) is 0 Å². The summed E-state index contributed by atoms with van der Waals surface area (Å²) in [5.74, 6) is 0. The van der Waals surface area contributed by atoms with Crippen molar-refractivity contribution in [2.24, 2.45) is 0 Å². The molecule has 1 spiro atoms. The fourth-order valence-corrected chi connectivity index (χ4v) is 8.44. The highest BCUT2D eigenvalue weighted by molar-refractivity contribution is 6.00. The van der Waals surface area contributed by atoms with Crippen LogP contribution in [-0.2, 0) is 5.41 Å². The zero-order valence-electron chi connectivity index (χ0n) is 26.8. The first-order valence-corrected chi connectivity index (χ1v) is 17.0. The summed E-state index contributed by atoms with van der Waals surface area (Å²) in [6.45, 7) is 0. The molecular weight excluding hydrogens is 591 g/mol. The molecule has 8 aromatic rings. The van der Waals surface area contributed by atoms with E-state index in [0.717, 1.165) is 22.5 Å². The third-order valence-corrected chi connectivity index (χ3v) is 10.5. The van der Waals surface area contributed by atoms with Crippen LogP contribution < -0.4 is 0 Å². The van der Waals surface area contributed by atoms with Crippen LogP contribution in [-0.4, -0.2) is 4.98 Å². The Labute approximate surface area is 286 Å². The molecule has 0 bridgehead atoms. The molecule has 1 heteroatoms. The molecule has 7 aromatic carbocycles. The molecule has 228 valence electrons. The van der Waals surface area contributed by atoms with Crippen molar-refractivity contribution in [2.75, 3.05) is 0 Å². The minimum absolute atomic E-state index is 0.374. The van der Waals surface area contributed by atoms with Gasteiger partial charge in [0.05, 0.1) is 16.8 Å². The summed E-state index contributed by atoms with van der Waals surface area (Å²) in [4.78, 5) is 5.27. The SMILES string of the molecule is c1ccc(-c2ccc(-c3cc(-c4cccc5c4-c4ccccc4C54c5ccccc5-c5ccccc54)cc(-c4ccccc4)n3)cc2)cc1. The summed E-state index contributed by atoms with van der Waals surface area (Å²) in [5.41, 5.74) is 19.2. The number of pyridine rings is 1. The molecule has 2 aliphatic carbocycles. The summed E-state index contributed by atoms with van der Waals surface area (Å²) in [5, 5.41) is 0. The van der Waals surface area contributed by atoms with E-state index >= 15 is 0 Å². The summed E-state index contributed by atoms with van der Waals surface area (Å²) < 4.78 is 0. The summed E-state index contributed by atoms with van der Waals surface area (Å²) in [6, 6.07) is 68.4. The lowest BCUT2D eigenvalue weighted by molar-refractivity contribution is 0.794. The highest BCUT2D eigenvalue weighted by atomic mass is 14.7. The number of fused-ring (bicyclic) bond motifs is 10. The number of hydrogen-bond donors (Lipinski definition) is 0. The second kappa shape index (κ2) is 10.9. The quantitative estimate of drug-likeness (QED) is 0.191. The molecule has 1 aromatic heterocycles. The molecule has 10 rings (SSSR count). The van der Waals surface area contributed by atoms with Crippen molar-refractivity contribution in [3.8, 4) is 67.0 Å². The molecule has 1 nitrogen and oxygen atoms in total. The molecule has 2 aliphatic rings. The van der Waals surface area contributed by atoms with Crippen molar-refractivity contribution < 1.29 is 0 Å². The average molecular weight is 622 g/mol. The Morgan fingerprint density at radius 1 is 0.286 bits per heavy atom. The molecule has 0 saturated heterocycles. The Morgan fingerprint density at radius 2 is 0.694 bits per heavy atom. The van der Waals surface area contributed by atoms with Gasteiger partial charge in [0.25, 0.3) is 0 Å². The van der Waals surface area contributed by atoms with Crippen molar-refractivity contribution in [3.63, 3.8) is 0 Å². The minimum Gasteiger partial charge on any atom is -0.248 e. The van der Waals surface area contributed by atoms with E-state index < -0.39 is 0 Å². The van der Waals surface area contributed by atoms with E-state index in [2.05, 4.69) is 188 Å². The van der Waals surface area contributed by atoms with E-state index in [1.165, 1.54) is 66.8 Å². The second-order valence-electron chi connectivity index (χ2n) is 13.1. The Bertz CT molecular complexity index is 2480. The van der Waals surface area contributed by atoms with E-state index in [-0.39, 0.29) is 5.41 Å². The summed E-state index contributed by atoms with van der Waals surface area (Å²) >= 11 is 0. The summed E-state index contributed by atoms with van der Waals surface area (Å²) in [6.07, 6.45) is 0. The van der Waals surface area contributed by atoms with Crippen molar-refractivity contribution in [3.05, 3.63) is 210 Å². The van der Waals surface area contributed by atoms with E-state index in [4.69, 9.17) is 4.98 Å². The standard InChI is InChI=1S/C48H31N/c1-3-14-32(15-4-1)33-26-28-35(29-27-33)46-31-36(30-45(49-46)34-16-5-2-6-17-34)37-21-13-25-44-47(37)40-20-9-12-24-43(40)48(44)41-22-10-7-18-38(41)39-19-8-11-23-42(39)48/h1-31H. The van der Waals surface area contributed by atoms with Gasteiger partial charge < -0.3 is 0 Å². The van der Waals surface area contributed by atoms with Crippen LogP contribution in [0.25, 0.3) is 67.0 Å². The van der Waals surface area contributed by atoms with Crippen molar-refractivity contribution in [1.82, 2.24) is 4.98 Å². The molecule has 0 saturated carbocycles. The van der Waals surface area contributed by atoms with Crippen LogP contribution in [0, 0.1) is 0 Å². The van der Waals surface area contributed by atoms with Crippen molar-refractivity contribution in [2.45, 2.75) is 5.41 Å².